The van der Waals surface area contributed by atoms with Gasteiger partial charge in [0.25, 0.3) is 5.91 Å². The molecule has 200 valence electrons. The molecule has 1 heterocycles. The number of methoxy groups -OCH3 is 1. The van der Waals surface area contributed by atoms with Crippen molar-refractivity contribution in [3.05, 3.63) is 77.9 Å². The van der Waals surface area contributed by atoms with E-state index in [0.29, 0.717) is 19.1 Å². The minimum atomic E-state index is -0.160. The highest BCUT2D eigenvalue weighted by Crippen LogP contribution is 2.42. The Balaban J connectivity index is 0.00000324. The van der Waals surface area contributed by atoms with Gasteiger partial charge >= 0.3 is 0 Å². The van der Waals surface area contributed by atoms with Crippen molar-refractivity contribution in [1.82, 2.24) is 14.7 Å². The maximum Gasteiger partial charge on any atom is 0.253 e. The van der Waals surface area contributed by atoms with Crippen LogP contribution >= 0.6 is 24.8 Å². The zero-order valence-electron chi connectivity index (χ0n) is 22.6. The van der Waals surface area contributed by atoms with Gasteiger partial charge < -0.3 is 9.64 Å². The van der Waals surface area contributed by atoms with E-state index < -0.39 is 0 Å². The van der Waals surface area contributed by atoms with Gasteiger partial charge in [0, 0.05) is 55.8 Å². The van der Waals surface area contributed by atoms with Crippen molar-refractivity contribution < 1.29 is 9.53 Å². The summed E-state index contributed by atoms with van der Waals surface area (Å²) in [6, 6.07) is 17.1. The zero-order valence-corrected chi connectivity index (χ0v) is 24.2. The molecule has 7 heteroatoms. The van der Waals surface area contributed by atoms with E-state index in [9.17, 15) is 4.79 Å². The number of nitrogens with zero attached hydrogens (tertiary/aromatic N) is 3. The average molecular weight is 537 g/mol. The van der Waals surface area contributed by atoms with Crippen molar-refractivity contribution in [3.63, 3.8) is 0 Å². The second kappa shape index (κ2) is 14.0. The lowest BCUT2D eigenvalue weighted by atomic mass is 9.73. The van der Waals surface area contributed by atoms with E-state index in [1.165, 1.54) is 11.1 Å². The third-order valence-electron chi connectivity index (χ3n) is 7.51. The lowest BCUT2D eigenvalue weighted by Crippen LogP contribution is -2.64. The Hall–Kier alpha value is -2.05. The van der Waals surface area contributed by atoms with Crippen molar-refractivity contribution in [2.24, 2.45) is 0 Å². The molecule has 0 N–H and O–H groups in total. The molecule has 5 nitrogen and oxygen atoms in total. The summed E-state index contributed by atoms with van der Waals surface area (Å²) in [4.78, 5) is 19.8. The Morgan fingerprint density at radius 3 is 2.36 bits per heavy atom. The third kappa shape index (κ3) is 6.63. The number of halogens is 2. The van der Waals surface area contributed by atoms with Crippen LogP contribution < -0.4 is 4.74 Å². The Morgan fingerprint density at radius 1 is 1.17 bits per heavy atom. The Morgan fingerprint density at radius 2 is 1.81 bits per heavy atom. The van der Waals surface area contributed by atoms with Gasteiger partial charge in [0.2, 0.25) is 0 Å². The van der Waals surface area contributed by atoms with E-state index in [2.05, 4.69) is 67.6 Å². The fourth-order valence-corrected chi connectivity index (χ4v) is 5.37. The summed E-state index contributed by atoms with van der Waals surface area (Å²) < 4.78 is 5.58. The third-order valence-corrected chi connectivity index (χ3v) is 7.51. The van der Waals surface area contributed by atoms with Gasteiger partial charge in [-0.2, -0.15) is 0 Å². The first-order chi connectivity index (χ1) is 16.3. The van der Waals surface area contributed by atoms with E-state index in [4.69, 9.17) is 4.74 Å². The van der Waals surface area contributed by atoms with Gasteiger partial charge in [0.05, 0.1) is 7.11 Å². The molecule has 1 aliphatic heterocycles. The quantitative estimate of drug-likeness (QED) is 0.384. The van der Waals surface area contributed by atoms with Crippen LogP contribution in [0, 0.1) is 0 Å². The smallest absolute Gasteiger partial charge is 0.253 e. The topological polar surface area (TPSA) is 36.0 Å². The molecule has 0 spiro atoms. The molecule has 0 bridgehead atoms. The molecule has 1 amide bonds. The summed E-state index contributed by atoms with van der Waals surface area (Å²) in [5, 5.41) is 0. The largest absolute Gasteiger partial charge is 0.497 e. The molecule has 3 unspecified atom stereocenters. The molecular formula is C29H43Cl2N3O2. The molecule has 0 saturated carbocycles. The molecule has 0 aliphatic carbocycles. The second-order valence-corrected chi connectivity index (χ2v) is 9.61. The molecule has 0 radical (unpaired) electrons. The predicted octanol–water partition coefficient (Wildman–Crippen LogP) is 5.73. The van der Waals surface area contributed by atoms with Crippen molar-refractivity contribution in [2.75, 3.05) is 46.9 Å². The Bertz CT molecular complexity index is 981. The first-order valence-electron chi connectivity index (χ1n) is 12.4. The van der Waals surface area contributed by atoms with Gasteiger partial charge in [-0.3, -0.25) is 14.6 Å². The lowest BCUT2D eigenvalue weighted by Gasteiger charge is -2.54. The van der Waals surface area contributed by atoms with E-state index in [0.717, 1.165) is 30.9 Å². The second-order valence-electron chi connectivity index (χ2n) is 9.61. The number of amides is 1. The van der Waals surface area contributed by atoms with E-state index in [-0.39, 0.29) is 42.2 Å². The van der Waals surface area contributed by atoms with Crippen LogP contribution in [0.5, 0.6) is 5.75 Å². The van der Waals surface area contributed by atoms with Crippen molar-refractivity contribution in [2.45, 2.75) is 45.2 Å². The summed E-state index contributed by atoms with van der Waals surface area (Å²) >= 11 is 0. The first-order valence-corrected chi connectivity index (χ1v) is 12.4. The van der Waals surface area contributed by atoms with Crippen molar-refractivity contribution >= 4 is 30.7 Å². The van der Waals surface area contributed by atoms with Crippen LogP contribution in [0.1, 0.15) is 55.1 Å². The molecule has 2 aromatic carbocycles. The van der Waals surface area contributed by atoms with Gasteiger partial charge in [-0.15, -0.1) is 31.4 Å². The SMILES string of the molecule is C=CCN1CC(C)(C(c2ccc(C(=O)N(CC)CC)cc2)c2cccc(OC)c2)N(C)CC1C.Cl.Cl. The molecule has 1 aliphatic rings. The number of hydrogen-bond acceptors (Lipinski definition) is 4. The highest BCUT2D eigenvalue weighted by molar-refractivity contribution is 5.94. The van der Waals surface area contributed by atoms with E-state index in [1.54, 1.807) is 7.11 Å². The first kappa shape index (κ1) is 32.0. The number of ether oxygens (including phenoxy) is 1. The van der Waals surface area contributed by atoms with Crippen molar-refractivity contribution in [3.8, 4) is 5.75 Å². The summed E-state index contributed by atoms with van der Waals surface area (Å²) in [5.74, 6) is 1.04. The van der Waals surface area contributed by atoms with Gasteiger partial charge in [0.1, 0.15) is 5.75 Å². The number of rotatable bonds is 9. The fourth-order valence-electron chi connectivity index (χ4n) is 5.37. The highest BCUT2D eigenvalue weighted by Gasteiger charge is 2.45. The lowest BCUT2D eigenvalue weighted by molar-refractivity contribution is -0.00876. The zero-order chi connectivity index (χ0) is 24.9. The molecule has 1 saturated heterocycles. The fraction of sp³-hybridized carbons (Fsp3) is 0.483. The van der Waals surface area contributed by atoms with Gasteiger partial charge in [-0.05, 0) is 70.1 Å². The number of benzene rings is 2. The summed E-state index contributed by atoms with van der Waals surface area (Å²) in [5.41, 5.74) is 2.99. The van der Waals surface area contributed by atoms with Crippen LogP contribution in [-0.4, -0.2) is 79.1 Å². The number of hydrogen-bond donors (Lipinski definition) is 0. The molecule has 1 fully saturated rings. The summed E-state index contributed by atoms with van der Waals surface area (Å²) in [6.07, 6.45) is 2.00. The highest BCUT2D eigenvalue weighted by atomic mass is 35.5. The maximum atomic E-state index is 12.9. The average Bonchev–Trinajstić information content (AvgIpc) is 2.84. The van der Waals surface area contributed by atoms with Crippen LogP contribution in [0.4, 0.5) is 0 Å². The normalized spacial score (nSPS) is 21.0. The number of carbonyl (C=O) groups excluding carboxylic acids is 1. The van der Waals surface area contributed by atoms with Crippen molar-refractivity contribution in [1.29, 1.82) is 0 Å². The standard InChI is InChI=1S/C29H41N3O2.2ClH/c1-8-18-32-21-29(5,30(6)20-22(32)4)27(25-12-11-13-26(19-25)34-7)23-14-16-24(17-15-23)28(33)31(9-2)10-3;;/h8,11-17,19,22,27H,1,9-10,18,20-21H2,2-7H3;2*1H. The predicted molar refractivity (Wildman–Crippen MR) is 155 cm³/mol. The van der Waals surface area contributed by atoms with Crippen LogP contribution in [0.3, 0.4) is 0 Å². The molecule has 2 aromatic rings. The number of carbonyl (C=O) groups is 1. The molecule has 36 heavy (non-hydrogen) atoms. The minimum absolute atomic E-state index is 0. The van der Waals surface area contributed by atoms with Crippen LogP contribution in [0.15, 0.2) is 61.2 Å². The Kier molecular flexibility index (Phi) is 12.5. The minimum Gasteiger partial charge on any atom is -0.497 e. The van der Waals surface area contributed by atoms with Crippen LogP contribution in [-0.2, 0) is 0 Å². The number of piperazine rings is 1. The molecule has 3 rings (SSSR count). The van der Waals surface area contributed by atoms with E-state index >= 15 is 0 Å². The van der Waals surface area contributed by atoms with E-state index in [1.807, 2.05) is 43.0 Å². The van der Waals surface area contributed by atoms with Gasteiger partial charge in [-0.25, -0.2) is 0 Å². The number of likely N-dealkylation sites (N-methyl/N-ethyl adjacent to an activating group) is 1. The Labute approximate surface area is 230 Å². The maximum absolute atomic E-state index is 12.9. The molecule has 3 atom stereocenters. The van der Waals surface area contributed by atoms with Gasteiger partial charge in [0.15, 0.2) is 0 Å². The summed E-state index contributed by atoms with van der Waals surface area (Å²) in [6.45, 7) is 16.8. The molecular weight excluding hydrogens is 493 g/mol. The van der Waals surface area contributed by atoms with Crippen LogP contribution in [0.2, 0.25) is 0 Å². The van der Waals surface area contributed by atoms with Gasteiger partial charge in [-0.1, -0.05) is 30.3 Å². The molecule has 0 aromatic heterocycles. The van der Waals surface area contributed by atoms with Crippen LogP contribution in [0.25, 0.3) is 0 Å². The monoisotopic (exact) mass is 535 g/mol. The summed E-state index contributed by atoms with van der Waals surface area (Å²) in [7, 11) is 3.94.